The third-order valence-electron chi connectivity index (χ3n) is 3.34. The Morgan fingerprint density at radius 3 is 2.94 bits per heavy atom. The maximum Gasteiger partial charge on any atom is 0.0795 e. The summed E-state index contributed by atoms with van der Waals surface area (Å²) >= 11 is 1.61. The molecule has 1 heterocycles. The van der Waals surface area contributed by atoms with Gasteiger partial charge in [-0.15, -0.1) is 11.3 Å². The van der Waals surface area contributed by atoms with E-state index in [9.17, 15) is 5.11 Å². The Balaban J connectivity index is 1.65. The Bertz CT molecular complexity index is 283. The molecule has 4 heteroatoms. The number of hydrogen-bond acceptors (Lipinski definition) is 4. The Morgan fingerprint density at radius 2 is 2.25 bits per heavy atom. The van der Waals surface area contributed by atoms with Crippen molar-refractivity contribution in [1.82, 2.24) is 10.3 Å². The molecule has 16 heavy (non-hydrogen) atoms. The van der Waals surface area contributed by atoms with Crippen molar-refractivity contribution in [2.45, 2.75) is 44.8 Å². The number of nitrogens with one attached hydrogen (secondary N) is 1. The van der Waals surface area contributed by atoms with Crippen LogP contribution in [0.4, 0.5) is 0 Å². The van der Waals surface area contributed by atoms with Crippen LogP contribution in [0.5, 0.6) is 0 Å². The van der Waals surface area contributed by atoms with E-state index in [4.69, 9.17) is 0 Å². The Hall–Kier alpha value is -0.450. The summed E-state index contributed by atoms with van der Waals surface area (Å²) in [5.74, 6) is 0.511. The molecule has 2 N–H and O–H groups in total. The largest absolute Gasteiger partial charge is 0.392 e. The van der Waals surface area contributed by atoms with Gasteiger partial charge in [0.25, 0.3) is 0 Å². The van der Waals surface area contributed by atoms with Crippen molar-refractivity contribution in [3.05, 3.63) is 16.6 Å². The molecule has 1 saturated carbocycles. The van der Waals surface area contributed by atoms with Crippen LogP contribution < -0.4 is 5.32 Å². The highest BCUT2D eigenvalue weighted by molar-refractivity contribution is 7.07. The maximum atomic E-state index is 10.0. The second kappa shape index (κ2) is 6.33. The molecule has 1 aliphatic carbocycles. The highest BCUT2D eigenvalue weighted by Crippen LogP contribution is 2.26. The molecule has 0 spiro atoms. The molecule has 1 aliphatic rings. The van der Waals surface area contributed by atoms with E-state index in [2.05, 4.69) is 10.3 Å². The van der Waals surface area contributed by atoms with Crippen LogP contribution in [0, 0.1) is 5.92 Å². The SMILES string of the molecule is OC(CNCc1cscn1)C1CCCCC1. The summed E-state index contributed by atoms with van der Waals surface area (Å²) in [5.41, 5.74) is 2.91. The Morgan fingerprint density at radius 1 is 1.44 bits per heavy atom. The van der Waals surface area contributed by atoms with Gasteiger partial charge in [-0.1, -0.05) is 19.3 Å². The number of aliphatic hydroxyl groups excluding tert-OH is 1. The van der Waals surface area contributed by atoms with Crippen LogP contribution in [0.2, 0.25) is 0 Å². The van der Waals surface area contributed by atoms with Gasteiger partial charge >= 0.3 is 0 Å². The lowest BCUT2D eigenvalue weighted by atomic mass is 9.85. The van der Waals surface area contributed by atoms with Crippen molar-refractivity contribution >= 4 is 11.3 Å². The molecule has 1 atom stereocenters. The second-order valence-electron chi connectivity index (χ2n) is 4.58. The van der Waals surface area contributed by atoms with E-state index in [0.717, 1.165) is 12.2 Å². The van der Waals surface area contributed by atoms with Gasteiger partial charge in [0.05, 0.1) is 17.3 Å². The van der Waals surface area contributed by atoms with Crippen molar-refractivity contribution in [1.29, 1.82) is 0 Å². The smallest absolute Gasteiger partial charge is 0.0795 e. The fraction of sp³-hybridized carbons (Fsp3) is 0.750. The highest BCUT2D eigenvalue weighted by atomic mass is 32.1. The fourth-order valence-electron chi connectivity index (χ4n) is 2.36. The van der Waals surface area contributed by atoms with Gasteiger partial charge in [0, 0.05) is 18.5 Å². The molecule has 1 aromatic rings. The summed E-state index contributed by atoms with van der Waals surface area (Å²) in [6.07, 6.45) is 6.12. The van der Waals surface area contributed by atoms with Gasteiger partial charge in [-0.05, 0) is 18.8 Å². The molecule has 0 bridgehead atoms. The summed E-state index contributed by atoms with van der Waals surface area (Å²) in [7, 11) is 0. The Kier molecular flexibility index (Phi) is 4.75. The third kappa shape index (κ3) is 3.54. The first-order valence-corrected chi connectivity index (χ1v) is 7.06. The fourth-order valence-corrected chi connectivity index (χ4v) is 2.92. The minimum atomic E-state index is -0.182. The zero-order valence-electron chi connectivity index (χ0n) is 9.56. The molecule has 0 aliphatic heterocycles. The van der Waals surface area contributed by atoms with E-state index in [0.29, 0.717) is 12.5 Å². The van der Waals surface area contributed by atoms with Crippen molar-refractivity contribution in [2.24, 2.45) is 5.92 Å². The summed E-state index contributed by atoms with van der Waals surface area (Å²) in [6.45, 7) is 1.47. The van der Waals surface area contributed by atoms with E-state index in [1.54, 1.807) is 11.3 Å². The normalized spacial score (nSPS) is 19.8. The molecule has 2 rings (SSSR count). The minimum absolute atomic E-state index is 0.182. The molecule has 0 saturated heterocycles. The van der Waals surface area contributed by atoms with Gasteiger partial charge in [-0.25, -0.2) is 4.98 Å². The van der Waals surface area contributed by atoms with Gasteiger partial charge in [0.2, 0.25) is 0 Å². The Labute approximate surface area is 101 Å². The average Bonchev–Trinajstić information content (AvgIpc) is 2.83. The average molecular weight is 240 g/mol. The van der Waals surface area contributed by atoms with Gasteiger partial charge in [-0.3, -0.25) is 0 Å². The lowest BCUT2D eigenvalue weighted by molar-refractivity contribution is 0.0838. The first-order chi connectivity index (χ1) is 7.86. The maximum absolute atomic E-state index is 10.0. The van der Waals surface area contributed by atoms with Crippen molar-refractivity contribution in [2.75, 3.05) is 6.54 Å². The third-order valence-corrected chi connectivity index (χ3v) is 3.97. The number of thiazole rings is 1. The van der Waals surface area contributed by atoms with E-state index < -0.39 is 0 Å². The molecule has 0 radical (unpaired) electrons. The molecule has 90 valence electrons. The number of nitrogens with zero attached hydrogens (tertiary/aromatic N) is 1. The molecule has 1 unspecified atom stereocenters. The monoisotopic (exact) mass is 240 g/mol. The van der Waals surface area contributed by atoms with Crippen LogP contribution in [-0.2, 0) is 6.54 Å². The molecule has 1 fully saturated rings. The lowest BCUT2D eigenvalue weighted by Crippen LogP contribution is -2.33. The molecular weight excluding hydrogens is 220 g/mol. The quantitative estimate of drug-likeness (QED) is 0.829. The predicted molar refractivity (Wildman–Crippen MR) is 66.4 cm³/mol. The van der Waals surface area contributed by atoms with Crippen molar-refractivity contribution < 1.29 is 5.11 Å². The van der Waals surface area contributed by atoms with E-state index in [-0.39, 0.29) is 6.10 Å². The number of hydrogen-bond donors (Lipinski definition) is 2. The van der Waals surface area contributed by atoms with Gasteiger partial charge in [0.15, 0.2) is 0 Å². The molecule has 0 amide bonds. The molecular formula is C12H20N2OS. The van der Waals surface area contributed by atoms with E-state index in [1.807, 2.05) is 10.9 Å². The van der Waals surface area contributed by atoms with Crippen LogP contribution in [0.25, 0.3) is 0 Å². The van der Waals surface area contributed by atoms with Crippen molar-refractivity contribution in [3.8, 4) is 0 Å². The number of aliphatic hydroxyl groups is 1. The first kappa shape index (κ1) is 12.0. The zero-order valence-corrected chi connectivity index (χ0v) is 10.4. The van der Waals surface area contributed by atoms with Crippen molar-refractivity contribution in [3.63, 3.8) is 0 Å². The van der Waals surface area contributed by atoms with E-state index in [1.165, 1.54) is 32.1 Å². The van der Waals surface area contributed by atoms with Gasteiger partial charge < -0.3 is 10.4 Å². The summed E-state index contributed by atoms with van der Waals surface area (Å²) in [6, 6.07) is 0. The first-order valence-electron chi connectivity index (χ1n) is 6.12. The second-order valence-corrected chi connectivity index (χ2v) is 5.29. The standard InChI is InChI=1S/C12H20N2OS/c15-12(10-4-2-1-3-5-10)7-13-6-11-8-16-9-14-11/h8-10,12-13,15H,1-7H2. The predicted octanol–water partition coefficient (Wildman–Crippen LogP) is 2.17. The minimum Gasteiger partial charge on any atom is -0.392 e. The summed E-state index contributed by atoms with van der Waals surface area (Å²) in [5, 5.41) is 15.3. The number of rotatable bonds is 5. The van der Waals surface area contributed by atoms with Crippen LogP contribution in [0.1, 0.15) is 37.8 Å². The molecule has 0 aromatic carbocycles. The highest BCUT2D eigenvalue weighted by Gasteiger charge is 2.20. The zero-order chi connectivity index (χ0) is 11.2. The lowest BCUT2D eigenvalue weighted by Gasteiger charge is -2.26. The molecule has 1 aromatic heterocycles. The van der Waals surface area contributed by atoms with Crippen LogP contribution >= 0.6 is 11.3 Å². The topological polar surface area (TPSA) is 45.1 Å². The summed E-state index contributed by atoms with van der Waals surface area (Å²) < 4.78 is 0. The van der Waals surface area contributed by atoms with Crippen LogP contribution in [-0.4, -0.2) is 22.7 Å². The van der Waals surface area contributed by atoms with Crippen LogP contribution in [0.3, 0.4) is 0 Å². The number of aromatic nitrogens is 1. The van der Waals surface area contributed by atoms with E-state index >= 15 is 0 Å². The van der Waals surface area contributed by atoms with Gasteiger partial charge in [-0.2, -0.15) is 0 Å². The van der Waals surface area contributed by atoms with Crippen LogP contribution in [0.15, 0.2) is 10.9 Å². The summed E-state index contributed by atoms with van der Waals surface area (Å²) in [4.78, 5) is 4.20. The molecule has 3 nitrogen and oxygen atoms in total. The van der Waals surface area contributed by atoms with Gasteiger partial charge in [0.1, 0.15) is 0 Å².